The van der Waals surface area contributed by atoms with E-state index in [-0.39, 0.29) is 24.6 Å². The van der Waals surface area contributed by atoms with Crippen LogP contribution in [-0.2, 0) is 31.0 Å². The first kappa shape index (κ1) is 24.3. The van der Waals surface area contributed by atoms with E-state index in [1.54, 1.807) is 6.20 Å². The van der Waals surface area contributed by atoms with Crippen molar-refractivity contribution in [1.82, 2.24) is 24.6 Å². The zero-order chi connectivity index (χ0) is 25.1. The van der Waals surface area contributed by atoms with Crippen molar-refractivity contribution in [3.05, 3.63) is 64.5 Å². The second-order valence-electron chi connectivity index (χ2n) is 9.71. The van der Waals surface area contributed by atoms with E-state index in [9.17, 15) is 9.59 Å². The van der Waals surface area contributed by atoms with Crippen LogP contribution in [0.1, 0.15) is 57.5 Å². The molecule has 1 aliphatic rings. The molecule has 1 amide bonds. The van der Waals surface area contributed by atoms with Gasteiger partial charge in [0, 0.05) is 28.9 Å². The molecule has 1 aromatic carbocycles. The van der Waals surface area contributed by atoms with Gasteiger partial charge in [0.1, 0.15) is 23.6 Å². The molecule has 1 aliphatic heterocycles. The van der Waals surface area contributed by atoms with Gasteiger partial charge in [-0.25, -0.2) is 4.68 Å². The van der Waals surface area contributed by atoms with E-state index in [2.05, 4.69) is 29.2 Å². The molecule has 0 unspecified atom stereocenters. The van der Waals surface area contributed by atoms with Crippen molar-refractivity contribution in [3.8, 4) is 0 Å². The van der Waals surface area contributed by atoms with Gasteiger partial charge in [0.05, 0.1) is 19.3 Å². The second-order valence-corrected chi connectivity index (χ2v) is 9.71. The molecule has 8 nitrogen and oxygen atoms in total. The van der Waals surface area contributed by atoms with Crippen LogP contribution in [0.15, 0.2) is 51.8 Å². The Balaban J connectivity index is 1.26. The van der Waals surface area contributed by atoms with Crippen LogP contribution in [0.25, 0.3) is 21.8 Å². The molecule has 190 valence electrons. The average molecular weight is 490 g/mol. The van der Waals surface area contributed by atoms with Crippen molar-refractivity contribution in [1.29, 1.82) is 0 Å². The number of nitrogens with zero attached hydrogens (tertiary/aromatic N) is 4. The molecule has 0 aliphatic carbocycles. The lowest BCUT2D eigenvalue weighted by Gasteiger charge is -2.34. The zero-order valence-corrected chi connectivity index (χ0v) is 21.2. The van der Waals surface area contributed by atoms with Gasteiger partial charge in [-0.05, 0) is 50.4 Å². The first-order chi connectivity index (χ1) is 17.6. The summed E-state index contributed by atoms with van der Waals surface area (Å²) in [4.78, 5) is 28.5. The predicted molar refractivity (Wildman–Crippen MR) is 141 cm³/mol. The molecule has 4 aromatic rings. The topological polar surface area (TPSA) is 85.3 Å². The van der Waals surface area contributed by atoms with Gasteiger partial charge >= 0.3 is 0 Å². The largest absolute Gasteiger partial charge is 0.463 e. The Kier molecular flexibility index (Phi) is 7.23. The molecule has 0 spiro atoms. The number of carbonyl (C=O) groups excluding carboxylic acids is 1. The van der Waals surface area contributed by atoms with Gasteiger partial charge in [0.2, 0.25) is 5.91 Å². The van der Waals surface area contributed by atoms with Crippen LogP contribution in [0.3, 0.4) is 0 Å². The number of aromatic nitrogens is 3. The number of hydrogen-bond acceptors (Lipinski definition) is 5. The summed E-state index contributed by atoms with van der Waals surface area (Å²) >= 11 is 0. The minimum Gasteiger partial charge on any atom is -0.463 e. The average Bonchev–Trinajstić information content (AvgIpc) is 3.48. The zero-order valence-electron chi connectivity index (χ0n) is 21.2. The van der Waals surface area contributed by atoms with E-state index in [1.807, 2.05) is 41.0 Å². The third kappa shape index (κ3) is 4.82. The highest BCUT2D eigenvalue weighted by molar-refractivity contribution is 6.07. The first-order valence-corrected chi connectivity index (χ1v) is 13.1. The van der Waals surface area contributed by atoms with Gasteiger partial charge in [-0.2, -0.15) is 5.10 Å². The molecule has 0 saturated carbocycles. The molecular formula is C28H35N5O3. The maximum absolute atomic E-state index is 13.3. The number of likely N-dealkylation sites (tertiary alicyclic amines) is 1. The minimum absolute atomic E-state index is 0.137. The molecule has 1 saturated heterocycles. The second kappa shape index (κ2) is 10.7. The van der Waals surface area contributed by atoms with Crippen molar-refractivity contribution in [3.63, 3.8) is 0 Å². The fourth-order valence-corrected chi connectivity index (χ4v) is 5.47. The number of amides is 1. The van der Waals surface area contributed by atoms with Gasteiger partial charge in [-0.1, -0.05) is 38.5 Å². The summed E-state index contributed by atoms with van der Waals surface area (Å²) in [5, 5.41) is 9.01. The summed E-state index contributed by atoms with van der Waals surface area (Å²) in [5.74, 6) is 1.36. The summed E-state index contributed by atoms with van der Waals surface area (Å²) < 4.78 is 9.28. The van der Waals surface area contributed by atoms with Crippen LogP contribution in [0, 0.1) is 0 Å². The van der Waals surface area contributed by atoms with Crippen molar-refractivity contribution in [2.45, 2.75) is 78.2 Å². The van der Waals surface area contributed by atoms with Crippen molar-refractivity contribution in [2.24, 2.45) is 0 Å². The van der Waals surface area contributed by atoms with E-state index in [4.69, 9.17) is 4.42 Å². The fourth-order valence-electron chi connectivity index (χ4n) is 5.47. The van der Waals surface area contributed by atoms with Gasteiger partial charge in [-0.15, -0.1) is 0 Å². The van der Waals surface area contributed by atoms with Crippen LogP contribution in [0.4, 0.5) is 0 Å². The number of nitrogens with one attached hydrogen (secondary N) is 1. The van der Waals surface area contributed by atoms with Crippen LogP contribution < -0.4 is 10.9 Å². The third-order valence-electron chi connectivity index (χ3n) is 7.27. The maximum Gasteiger partial charge on any atom is 0.291 e. The molecule has 3 aromatic heterocycles. The quantitative estimate of drug-likeness (QED) is 0.376. The van der Waals surface area contributed by atoms with Crippen molar-refractivity contribution in [2.75, 3.05) is 6.54 Å². The van der Waals surface area contributed by atoms with Crippen LogP contribution in [0.5, 0.6) is 0 Å². The van der Waals surface area contributed by atoms with E-state index in [0.29, 0.717) is 17.3 Å². The van der Waals surface area contributed by atoms with E-state index < -0.39 is 0 Å². The Hall–Kier alpha value is -3.39. The lowest BCUT2D eigenvalue weighted by molar-refractivity contribution is -0.122. The number of furan rings is 1. The first-order valence-electron chi connectivity index (χ1n) is 13.1. The number of benzene rings is 1. The number of carbonyl (C=O) groups is 1. The number of rotatable bonds is 9. The van der Waals surface area contributed by atoms with Gasteiger partial charge in [0.25, 0.3) is 5.56 Å². The Labute approximate surface area is 210 Å². The summed E-state index contributed by atoms with van der Waals surface area (Å²) in [5.41, 5.74) is 1.36. The lowest BCUT2D eigenvalue weighted by atomic mass is 10.00. The molecule has 36 heavy (non-hydrogen) atoms. The van der Waals surface area contributed by atoms with Crippen LogP contribution in [0.2, 0.25) is 0 Å². The SMILES string of the molecule is CCCn1c2ccccc2c2cnn(CC(=O)NCc3ccc(CN4CCCC[C@@H]4CC)o3)c(=O)c21. The van der Waals surface area contributed by atoms with Crippen LogP contribution in [-0.4, -0.2) is 37.7 Å². The summed E-state index contributed by atoms with van der Waals surface area (Å²) in [7, 11) is 0. The van der Waals surface area contributed by atoms with E-state index in [0.717, 1.165) is 54.5 Å². The van der Waals surface area contributed by atoms with Crippen molar-refractivity contribution >= 4 is 27.7 Å². The molecule has 4 heterocycles. The Bertz CT molecular complexity index is 1420. The molecule has 5 rings (SSSR count). The highest BCUT2D eigenvalue weighted by Gasteiger charge is 2.22. The minimum atomic E-state index is -0.276. The smallest absolute Gasteiger partial charge is 0.291 e. The molecule has 8 heteroatoms. The van der Waals surface area contributed by atoms with Gasteiger partial charge in [0.15, 0.2) is 0 Å². The van der Waals surface area contributed by atoms with Crippen molar-refractivity contribution < 1.29 is 9.21 Å². The molecule has 0 bridgehead atoms. The highest BCUT2D eigenvalue weighted by atomic mass is 16.3. The normalized spacial score (nSPS) is 16.7. The number of fused-ring (bicyclic) bond motifs is 3. The van der Waals surface area contributed by atoms with E-state index in [1.165, 1.54) is 23.9 Å². The van der Waals surface area contributed by atoms with E-state index >= 15 is 0 Å². The Morgan fingerprint density at radius 1 is 1.11 bits per heavy atom. The standard InChI is InChI=1S/C28H35N5O3/c1-3-14-32-25-11-6-5-10-23(25)24-17-30-33(28(35)27(24)32)19-26(34)29-16-21-12-13-22(36-21)18-31-15-8-7-9-20(31)4-2/h5-6,10-13,17,20H,3-4,7-9,14-16,18-19H2,1-2H3,(H,29,34)/t20-/m0/s1. The predicted octanol–water partition coefficient (Wildman–Crippen LogP) is 4.44. The Morgan fingerprint density at radius 3 is 2.78 bits per heavy atom. The maximum atomic E-state index is 13.3. The van der Waals surface area contributed by atoms with Crippen LogP contribution >= 0.6 is 0 Å². The summed E-state index contributed by atoms with van der Waals surface area (Å²) in [6.45, 7) is 7.11. The Morgan fingerprint density at radius 2 is 1.94 bits per heavy atom. The summed E-state index contributed by atoms with van der Waals surface area (Å²) in [6, 6.07) is 12.5. The van der Waals surface area contributed by atoms with Gasteiger partial charge in [-0.3, -0.25) is 14.5 Å². The summed E-state index contributed by atoms with van der Waals surface area (Å²) in [6.07, 6.45) is 7.54. The molecular weight excluding hydrogens is 454 g/mol. The number of hydrogen-bond donors (Lipinski definition) is 1. The number of aryl methyl sites for hydroxylation is 1. The number of piperidine rings is 1. The molecule has 1 atom stereocenters. The third-order valence-corrected chi connectivity index (χ3v) is 7.27. The fraction of sp³-hybridized carbons (Fsp3) is 0.464. The lowest BCUT2D eigenvalue weighted by Crippen LogP contribution is -2.38. The highest BCUT2D eigenvalue weighted by Crippen LogP contribution is 2.26. The van der Waals surface area contributed by atoms with Gasteiger partial charge < -0.3 is 14.3 Å². The molecule has 0 radical (unpaired) electrons. The monoisotopic (exact) mass is 489 g/mol. The number of para-hydroxylation sites is 1. The molecule has 1 N–H and O–H groups in total. The molecule has 1 fully saturated rings.